The second-order valence-corrected chi connectivity index (χ2v) is 6.20. The van der Waals surface area contributed by atoms with Crippen LogP contribution in [0.3, 0.4) is 0 Å². The number of methoxy groups -OCH3 is 1. The summed E-state index contributed by atoms with van der Waals surface area (Å²) in [6.45, 7) is 2.07. The van der Waals surface area contributed by atoms with Crippen molar-refractivity contribution >= 4 is 43.3 Å². The average molecular weight is 365 g/mol. The highest BCUT2D eigenvalue weighted by Gasteiger charge is 2.13. The Hall–Kier alpha value is -1.73. The lowest BCUT2D eigenvalue weighted by atomic mass is 10.1. The summed E-state index contributed by atoms with van der Waals surface area (Å²) in [4.78, 5) is 13.8. The smallest absolute Gasteiger partial charge is 0.212 e. The lowest BCUT2D eigenvalue weighted by molar-refractivity contribution is 0.397. The van der Waals surface area contributed by atoms with Crippen molar-refractivity contribution in [2.45, 2.75) is 13.0 Å². The van der Waals surface area contributed by atoms with Crippen molar-refractivity contribution < 1.29 is 4.74 Å². The van der Waals surface area contributed by atoms with Crippen molar-refractivity contribution in [1.29, 1.82) is 0 Å². The number of anilines is 1. The quantitative estimate of drug-likeness (QED) is 0.757. The van der Waals surface area contributed by atoms with Gasteiger partial charge in [-0.2, -0.15) is 0 Å². The number of ether oxygens (including phenoxy) is 1. The molecule has 0 spiro atoms. The van der Waals surface area contributed by atoms with Gasteiger partial charge >= 0.3 is 0 Å². The van der Waals surface area contributed by atoms with Gasteiger partial charge in [-0.1, -0.05) is 6.07 Å². The molecular weight excluding hydrogens is 352 g/mol. The van der Waals surface area contributed by atoms with E-state index in [4.69, 9.17) is 4.74 Å². The summed E-state index contributed by atoms with van der Waals surface area (Å²) in [5.41, 5.74) is 1.06. The molecular formula is C14H13BrN4OS. The Labute approximate surface area is 134 Å². The van der Waals surface area contributed by atoms with Gasteiger partial charge in [0.15, 0.2) is 0 Å². The van der Waals surface area contributed by atoms with E-state index >= 15 is 0 Å². The molecule has 1 atom stereocenters. The highest BCUT2D eigenvalue weighted by Crippen LogP contribution is 2.34. The fourth-order valence-corrected chi connectivity index (χ4v) is 3.56. The molecule has 5 nitrogen and oxygen atoms in total. The first-order valence-corrected chi connectivity index (χ1v) is 8.00. The Bertz CT molecular complexity index is 759. The number of halogens is 1. The van der Waals surface area contributed by atoms with Crippen molar-refractivity contribution in [1.82, 2.24) is 15.0 Å². The van der Waals surface area contributed by atoms with Crippen LogP contribution in [-0.4, -0.2) is 22.1 Å². The maximum absolute atomic E-state index is 5.07. The zero-order valence-electron chi connectivity index (χ0n) is 11.5. The third kappa shape index (κ3) is 2.84. The largest absolute Gasteiger partial charge is 0.481 e. The Morgan fingerprint density at radius 1 is 1.29 bits per heavy atom. The van der Waals surface area contributed by atoms with Crippen LogP contribution in [0.1, 0.15) is 18.5 Å². The van der Waals surface area contributed by atoms with Crippen LogP contribution in [0.25, 0.3) is 10.2 Å². The van der Waals surface area contributed by atoms with Crippen LogP contribution in [0.2, 0.25) is 0 Å². The van der Waals surface area contributed by atoms with Crippen LogP contribution in [0.5, 0.6) is 5.88 Å². The monoisotopic (exact) mass is 364 g/mol. The third-order valence-electron chi connectivity index (χ3n) is 3.15. The molecule has 0 bridgehead atoms. The number of hydrogen-bond donors (Lipinski definition) is 1. The molecule has 0 aliphatic heterocycles. The van der Waals surface area contributed by atoms with Crippen LogP contribution in [0.4, 0.5) is 5.82 Å². The molecule has 1 unspecified atom stereocenters. The Balaban J connectivity index is 1.88. The van der Waals surface area contributed by atoms with Gasteiger partial charge in [-0.05, 0) is 28.4 Å². The van der Waals surface area contributed by atoms with Gasteiger partial charge in [0, 0.05) is 22.1 Å². The van der Waals surface area contributed by atoms with Crippen molar-refractivity contribution in [3.8, 4) is 5.88 Å². The second-order valence-electron chi connectivity index (χ2n) is 4.49. The molecule has 0 amide bonds. The van der Waals surface area contributed by atoms with E-state index in [2.05, 4.69) is 43.1 Å². The Morgan fingerprint density at radius 2 is 2.14 bits per heavy atom. The minimum atomic E-state index is 0.0771. The Morgan fingerprint density at radius 3 is 2.86 bits per heavy atom. The zero-order valence-corrected chi connectivity index (χ0v) is 13.9. The van der Waals surface area contributed by atoms with E-state index < -0.39 is 0 Å². The van der Waals surface area contributed by atoms with Gasteiger partial charge in [0.05, 0.1) is 18.5 Å². The molecule has 0 saturated carbocycles. The molecule has 3 aromatic heterocycles. The molecule has 0 saturated heterocycles. The molecule has 3 heterocycles. The van der Waals surface area contributed by atoms with Gasteiger partial charge in [0.25, 0.3) is 0 Å². The lowest BCUT2D eigenvalue weighted by Gasteiger charge is -2.15. The van der Waals surface area contributed by atoms with Gasteiger partial charge in [0.2, 0.25) is 5.88 Å². The molecule has 0 radical (unpaired) electrons. The van der Waals surface area contributed by atoms with Crippen LogP contribution in [0.15, 0.2) is 34.5 Å². The van der Waals surface area contributed by atoms with E-state index in [1.165, 1.54) is 0 Å². The highest BCUT2D eigenvalue weighted by atomic mass is 79.9. The first-order valence-electron chi connectivity index (χ1n) is 6.33. The molecule has 7 heteroatoms. The summed E-state index contributed by atoms with van der Waals surface area (Å²) >= 11 is 5.13. The first-order chi connectivity index (χ1) is 10.2. The van der Waals surface area contributed by atoms with E-state index in [1.54, 1.807) is 31.0 Å². The molecule has 108 valence electrons. The van der Waals surface area contributed by atoms with Gasteiger partial charge in [0.1, 0.15) is 17.0 Å². The number of hydrogen-bond acceptors (Lipinski definition) is 6. The molecule has 0 aliphatic rings. The van der Waals surface area contributed by atoms with Crippen LogP contribution in [-0.2, 0) is 0 Å². The van der Waals surface area contributed by atoms with Crippen LogP contribution in [0, 0.1) is 0 Å². The first kappa shape index (κ1) is 14.2. The van der Waals surface area contributed by atoms with Crippen LogP contribution >= 0.6 is 27.3 Å². The standard InChI is InChI=1S/C14H13BrN4OS/c1-8(9-3-4-11(20-2)16-5-9)19-13-12-10(15)6-21-14(12)18-7-17-13/h3-8H,1-2H3,(H,17,18,19). The summed E-state index contributed by atoms with van der Waals surface area (Å²) in [6, 6.07) is 3.92. The van der Waals surface area contributed by atoms with E-state index in [1.807, 2.05) is 17.5 Å². The number of aromatic nitrogens is 3. The van der Waals surface area contributed by atoms with Crippen LogP contribution < -0.4 is 10.1 Å². The van der Waals surface area contributed by atoms with Crippen molar-refractivity contribution in [3.05, 3.63) is 40.1 Å². The molecule has 3 rings (SSSR count). The van der Waals surface area contributed by atoms with Crippen molar-refractivity contribution in [2.75, 3.05) is 12.4 Å². The summed E-state index contributed by atoms with van der Waals surface area (Å²) in [5.74, 6) is 1.42. The van der Waals surface area contributed by atoms with Gasteiger partial charge in [-0.3, -0.25) is 0 Å². The third-order valence-corrected chi connectivity index (χ3v) is 4.96. The minimum Gasteiger partial charge on any atom is -0.481 e. The second kappa shape index (κ2) is 5.95. The number of nitrogens with one attached hydrogen (secondary N) is 1. The number of pyridine rings is 1. The fraction of sp³-hybridized carbons (Fsp3) is 0.214. The number of fused-ring (bicyclic) bond motifs is 1. The molecule has 21 heavy (non-hydrogen) atoms. The maximum atomic E-state index is 5.07. The normalized spacial score (nSPS) is 12.3. The average Bonchev–Trinajstić information content (AvgIpc) is 2.90. The topological polar surface area (TPSA) is 59.9 Å². The number of nitrogens with zero attached hydrogens (tertiary/aromatic N) is 3. The number of rotatable bonds is 4. The zero-order chi connectivity index (χ0) is 14.8. The fourth-order valence-electron chi connectivity index (χ4n) is 2.01. The number of thiophene rings is 1. The molecule has 1 N–H and O–H groups in total. The SMILES string of the molecule is COc1ccc(C(C)Nc2ncnc3scc(Br)c23)cn1. The van der Waals surface area contributed by atoms with E-state index in [0.29, 0.717) is 5.88 Å². The van der Waals surface area contributed by atoms with E-state index in [0.717, 1.165) is 26.1 Å². The molecule has 3 aromatic rings. The summed E-state index contributed by atoms with van der Waals surface area (Å²) < 4.78 is 6.08. The summed E-state index contributed by atoms with van der Waals surface area (Å²) in [5, 5.41) is 6.44. The molecule has 0 aliphatic carbocycles. The minimum absolute atomic E-state index is 0.0771. The van der Waals surface area contributed by atoms with Gasteiger partial charge in [-0.15, -0.1) is 11.3 Å². The molecule has 0 aromatic carbocycles. The Kier molecular flexibility index (Phi) is 4.03. The predicted molar refractivity (Wildman–Crippen MR) is 87.9 cm³/mol. The predicted octanol–water partition coefficient (Wildman–Crippen LogP) is 4.03. The summed E-state index contributed by atoms with van der Waals surface area (Å²) in [6.07, 6.45) is 3.38. The highest BCUT2D eigenvalue weighted by molar-refractivity contribution is 9.10. The van der Waals surface area contributed by atoms with Crippen molar-refractivity contribution in [2.24, 2.45) is 0 Å². The van der Waals surface area contributed by atoms with Crippen molar-refractivity contribution in [3.63, 3.8) is 0 Å². The summed E-state index contributed by atoms with van der Waals surface area (Å²) in [7, 11) is 1.61. The molecule has 0 fully saturated rings. The van der Waals surface area contributed by atoms with E-state index in [9.17, 15) is 0 Å². The maximum Gasteiger partial charge on any atom is 0.212 e. The van der Waals surface area contributed by atoms with Gasteiger partial charge < -0.3 is 10.1 Å². The van der Waals surface area contributed by atoms with Gasteiger partial charge in [-0.25, -0.2) is 15.0 Å². The van der Waals surface area contributed by atoms with E-state index in [-0.39, 0.29) is 6.04 Å². The lowest BCUT2D eigenvalue weighted by Crippen LogP contribution is -2.08.